The molecule has 2 aromatic rings. The summed E-state index contributed by atoms with van der Waals surface area (Å²) >= 11 is 4.42. The summed E-state index contributed by atoms with van der Waals surface area (Å²) in [6.07, 6.45) is -0.104. The molecule has 17 heavy (non-hydrogen) atoms. The average molecular weight is 320 g/mol. The molecule has 1 atom stereocenters. The third kappa shape index (κ3) is 1.93. The van der Waals surface area contributed by atoms with Crippen LogP contribution < -0.4 is 4.87 Å². The number of rotatable bonds is 2. The van der Waals surface area contributed by atoms with Crippen LogP contribution in [0, 0.1) is 5.92 Å². The summed E-state index contributed by atoms with van der Waals surface area (Å²) in [6, 6.07) is 5.44. The van der Waals surface area contributed by atoms with Crippen LogP contribution in [0.1, 0.15) is 6.42 Å². The van der Waals surface area contributed by atoms with Crippen LogP contribution in [0.25, 0.3) is 10.2 Å². The normalized spacial score (nSPS) is 21.9. The maximum Gasteiger partial charge on any atom is 0.308 e. The van der Waals surface area contributed by atoms with E-state index in [1.807, 2.05) is 12.1 Å². The largest absolute Gasteiger partial charge is 0.308 e. The quantitative estimate of drug-likeness (QED) is 0.830. The lowest BCUT2D eigenvalue weighted by Gasteiger charge is -2.02. The lowest BCUT2D eigenvalue weighted by Crippen LogP contribution is -2.15. The van der Waals surface area contributed by atoms with Gasteiger partial charge in [0.05, 0.1) is 10.2 Å². The van der Waals surface area contributed by atoms with Gasteiger partial charge in [0.15, 0.2) is 0 Å². The molecule has 0 amide bonds. The molecular weight excluding hydrogens is 312 g/mol. The van der Waals surface area contributed by atoms with Crippen molar-refractivity contribution in [3.63, 3.8) is 0 Å². The summed E-state index contributed by atoms with van der Waals surface area (Å²) in [5.41, 5.74) is 0.742. The highest BCUT2D eigenvalue weighted by atomic mass is 79.9. The Kier molecular flexibility index (Phi) is 2.42. The van der Waals surface area contributed by atoms with Crippen LogP contribution in [0.15, 0.2) is 27.5 Å². The second-order valence-corrected chi connectivity index (χ2v) is 6.16. The standard InChI is InChI=1S/C11H8BrF2NOS/c12-7-1-2-8-9(3-7)17-10(16)15(8)5-6-4-11(6,13)14/h1-3,6H,4-5H2. The lowest BCUT2D eigenvalue weighted by atomic mass is 10.3. The molecule has 1 aromatic carbocycles. The maximum atomic E-state index is 12.9. The van der Waals surface area contributed by atoms with Crippen LogP contribution in [0.5, 0.6) is 0 Å². The number of fused-ring (bicyclic) bond motifs is 1. The van der Waals surface area contributed by atoms with Crippen LogP contribution in [-0.4, -0.2) is 10.5 Å². The summed E-state index contributed by atoms with van der Waals surface area (Å²) in [5.74, 6) is -3.26. The average Bonchev–Trinajstić information content (AvgIpc) is 2.71. The van der Waals surface area contributed by atoms with Gasteiger partial charge >= 0.3 is 4.87 Å². The number of aromatic nitrogens is 1. The van der Waals surface area contributed by atoms with E-state index in [0.717, 1.165) is 26.0 Å². The van der Waals surface area contributed by atoms with Crippen LogP contribution in [0.4, 0.5) is 8.78 Å². The molecule has 0 spiro atoms. The van der Waals surface area contributed by atoms with Crippen molar-refractivity contribution >= 4 is 37.5 Å². The highest BCUT2D eigenvalue weighted by Gasteiger charge is 2.56. The van der Waals surface area contributed by atoms with Crippen molar-refractivity contribution in [1.82, 2.24) is 4.57 Å². The molecule has 0 N–H and O–H groups in total. The molecule has 6 heteroatoms. The van der Waals surface area contributed by atoms with Crippen molar-refractivity contribution in [2.75, 3.05) is 0 Å². The minimum atomic E-state index is -2.58. The van der Waals surface area contributed by atoms with Gasteiger partial charge in [-0.1, -0.05) is 27.3 Å². The molecule has 3 rings (SSSR count). The van der Waals surface area contributed by atoms with Crippen molar-refractivity contribution in [3.8, 4) is 0 Å². The molecule has 2 nitrogen and oxygen atoms in total. The van der Waals surface area contributed by atoms with Crippen molar-refractivity contribution in [1.29, 1.82) is 0 Å². The molecule has 1 aliphatic rings. The third-order valence-electron chi connectivity index (χ3n) is 2.99. The fourth-order valence-corrected chi connectivity index (χ4v) is 3.35. The highest BCUT2D eigenvalue weighted by Crippen LogP contribution is 2.49. The van der Waals surface area contributed by atoms with E-state index in [-0.39, 0.29) is 17.8 Å². The summed E-state index contributed by atoms with van der Waals surface area (Å²) in [4.78, 5) is 11.6. The fraction of sp³-hybridized carbons (Fsp3) is 0.364. The number of halogens is 3. The Hall–Kier alpha value is -0.750. The number of thiazole rings is 1. The summed E-state index contributed by atoms with van der Waals surface area (Å²) in [7, 11) is 0. The molecule has 0 bridgehead atoms. The van der Waals surface area contributed by atoms with E-state index in [0.29, 0.717) is 0 Å². The van der Waals surface area contributed by atoms with Gasteiger partial charge in [0.2, 0.25) is 0 Å². The molecule has 1 aliphatic carbocycles. The zero-order chi connectivity index (χ0) is 12.2. The second-order valence-electron chi connectivity index (χ2n) is 4.25. The minimum Gasteiger partial charge on any atom is -0.298 e. The van der Waals surface area contributed by atoms with Gasteiger partial charge in [-0.05, 0) is 18.2 Å². The van der Waals surface area contributed by atoms with Crippen LogP contribution in [-0.2, 0) is 6.54 Å². The molecular formula is C11H8BrF2NOS. The first-order chi connectivity index (χ1) is 7.97. The number of nitrogens with zero attached hydrogens (tertiary/aromatic N) is 1. The Labute approximate surface area is 108 Å². The highest BCUT2D eigenvalue weighted by molar-refractivity contribution is 9.10. The van der Waals surface area contributed by atoms with Crippen LogP contribution >= 0.6 is 27.3 Å². The first-order valence-electron chi connectivity index (χ1n) is 5.14. The molecule has 1 heterocycles. The van der Waals surface area contributed by atoms with Crippen molar-refractivity contribution < 1.29 is 8.78 Å². The predicted molar refractivity (Wildman–Crippen MR) is 66.8 cm³/mol. The van der Waals surface area contributed by atoms with Crippen LogP contribution in [0.2, 0.25) is 0 Å². The molecule has 1 aromatic heterocycles. The first kappa shape index (κ1) is 11.3. The van der Waals surface area contributed by atoms with E-state index < -0.39 is 11.8 Å². The molecule has 0 saturated heterocycles. The monoisotopic (exact) mass is 319 g/mol. The Morgan fingerprint density at radius 3 is 2.88 bits per heavy atom. The third-order valence-corrected chi connectivity index (χ3v) is 4.42. The smallest absolute Gasteiger partial charge is 0.298 e. The number of hydrogen-bond acceptors (Lipinski definition) is 2. The van der Waals surface area contributed by atoms with Gasteiger partial charge in [0, 0.05) is 23.4 Å². The maximum absolute atomic E-state index is 12.9. The molecule has 1 unspecified atom stereocenters. The Balaban J connectivity index is 2.04. The topological polar surface area (TPSA) is 22.0 Å². The molecule has 90 valence electrons. The number of alkyl halides is 2. The lowest BCUT2D eigenvalue weighted by molar-refractivity contribution is 0.0953. The van der Waals surface area contributed by atoms with Gasteiger partial charge < -0.3 is 0 Å². The summed E-state index contributed by atoms with van der Waals surface area (Å²) in [6.45, 7) is 0.119. The van der Waals surface area contributed by atoms with Crippen molar-refractivity contribution in [2.24, 2.45) is 5.92 Å². The van der Waals surface area contributed by atoms with Gasteiger partial charge in [0.25, 0.3) is 5.92 Å². The molecule has 1 saturated carbocycles. The fourth-order valence-electron chi connectivity index (χ4n) is 1.90. The van der Waals surface area contributed by atoms with E-state index in [1.165, 1.54) is 4.57 Å². The van der Waals surface area contributed by atoms with Gasteiger partial charge in [-0.25, -0.2) is 8.78 Å². The molecule has 1 fully saturated rings. The second kappa shape index (κ2) is 3.62. The van der Waals surface area contributed by atoms with Gasteiger partial charge in [0.1, 0.15) is 0 Å². The summed E-state index contributed by atoms with van der Waals surface area (Å²) in [5, 5.41) is 0. The zero-order valence-electron chi connectivity index (χ0n) is 8.62. The Morgan fingerprint density at radius 2 is 2.24 bits per heavy atom. The van der Waals surface area contributed by atoms with Crippen molar-refractivity contribution in [2.45, 2.75) is 18.9 Å². The SMILES string of the molecule is O=c1sc2cc(Br)ccc2n1CC1CC1(F)F. The van der Waals surface area contributed by atoms with E-state index in [9.17, 15) is 13.6 Å². The van der Waals surface area contributed by atoms with E-state index in [1.54, 1.807) is 6.07 Å². The van der Waals surface area contributed by atoms with Crippen molar-refractivity contribution in [3.05, 3.63) is 32.3 Å². The van der Waals surface area contributed by atoms with Gasteiger partial charge in [-0.2, -0.15) is 0 Å². The van der Waals surface area contributed by atoms with Crippen LogP contribution in [0.3, 0.4) is 0 Å². The Bertz CT molecular complexity index is 648. The van der Waals surface area contributed by atoms with Gasteiger partial charge in [-0.3, -0.25) is 9.36 Å². The zero-order valence-corrected chi connectivity index (χ0v) is 11.0. The first-order valence-corrected chi connectivity index (χ1v) is 6.75. The molecule has 0 aliphatic heterocycles. The molecule has 0 radical (unpaired) electrons. The van der Waals surface area contributed by atoms with E-state index in [2.05, 4.69) is 15.9 Å². The van der Waals surface area contributed by atoms with E-state index in [4.69, 9.17) is 0 Å². The number of hydrogen-bond donors (Lipinski definition) is 0. The van der Waals surface area contributed by atoms with Gasteiger partial charge in [-0.15, -0.1) is 0 Å². The van der Waals surface area contributed by atoms with E-state index >= 15 is 0 Å². The number of benzene rings is 1. The Morgan fingerprint density at radius 1 is 1.53 bits per heavy atom. The predicted octanol–water partition coefficient (Wildman–Crippen LogP) is 3.48. The summed E-state index contributed by atoms with van der Waals surface area (Å²) < 4.78 is 28.9. The minimum absolute atomic E-state index is 0.104.